The molecule has 0 unspecified atom stereocenters. The third-order valence-corrected chi connectivity index (χ3v) is 3.01. The molecule has 0 saturated carbocycles. The van der Waals surface area contributed by atoms with Crippen molar-refractivity contribution < 1.29 is 0 Å². The van der Waals surface area contributed by atoms with E-state index in [-0.39, 0.29) is 11.5 Å². The van der Waals surface area contributed by atoms with Crippen LogP contribution in [0.3, 0.4) is 0 Å². The van der Waals surface area contributed by atoms with Crippen molar-refractivity contribution in [1.82, 2.24) is 14.6 Å². The van der Waals surface area contributed by atoms with Gasteiger partial charge in [0.1, 0.15) is 0 Å². The van der Waals surface area contributed by atoms with Crippen molar-refractivity contribution in [3.63, 3.8) is 0 Å². The molecule has 0 aromatic carbocycles. The lowest BCUT2D eigenvalue weighted by atomic mass is 10.0. The summed E-state index contributed by atoms with van der Waals surface area (Å²) in [6, 6.07) is 0. The number of aromatic nitrogens is 3. The van der Waals surface area contributed by atoms with Gasteiger partial charge in [0.25, 0.3) is 5.56 Å². The van der Waals surface area contributed by atoms with Crippen LogP contribution in [-0.4, -0.2) is 14.6 Å². The van der Waals surface area contributed by atoms with Crippen molar-refractivity contribution in [3.05, 3.63) is 32.3 Å². The second kappa shape index (κ2) is 3.48. The highest BCUT2D eigenvalue weighted by Crippen LogP contribution is 2.18. The van der Waals surface area contributed by atoms with E-state index in [1.165, 1.54) is 4.52 Å². The lowest BCUT2D eigenvalue weighted by molar-refractivity contribution is 0.780. The zero-order chi connectivity index (χ0) is 11.2. The summed E-state index contributed by atoms with van der Waals surface area (Å²) in [4.78, 5) is 15.2. The summed E-state index contributed by atoms with van der Waals surface area (Å²) in [6.07, 6.45) is 1.62. The van der Waals surface area contributed by atoms with Crippen LogP contribution < -0.4 is 5.56 Å². The Bertz CT molecular complexity index is 568. The molecule has 2 aromatic rings. The van der Waals surface area contributed by atoms with Crippen molar-refractivity contribution in [2.75, 3.05) is 0 Å². The maximum absolute atomic E-state index is 12.1. The molecule has 0 aliphatic heterocycles. The van der Waals surface area contributed by atoms with Gasteiger partial charge >= 0.3 is 0 Å². The van der Waals surface area contributed by atoms with Crippen LogP contribution in [0.2, 0.25) is 0 Å². The molecule has 0 spiro atoms. The molecule has 0 saturated heterocycles. The number of nitrogens with one attached hydrogen (secondary N) is 1. The van der Waals surface area contributed by atoms with Gasteiger partial charge in [-0.25, -0.2) is 0 Å². The van der Waals surface area contributed by atoms with Crippen LogP contribution in [0.4, 0.5) is 0 Å². The first-order valence-corrected chi connectivity index (χ1v) is 5.57. The number of rotatable bonds is 1. The number of aromatic amines is 1. The van der Waals surface area contributed by atoms with Gasteiger partial charge in [-0.05, 0) is 28.8 Å². The molecule has 5 heteroatoms. The first-order chi connectivity index (χ1) is 7.02. The molecule has 0 fully saturated rings. The summed E-state index contributed by atoms with van der Waals surface area (Å²) < 4.78 is 2.20. The van der Waals surface area contributed by atoms with Crippen LogP contribution >= 0.6 is 15.9 Å². The van der Waals surface area contributed by atoms with Crippen LogP contribution in [0.5, 0.6) is 0 Å². The van der Waals surface area contributed by atoms with E-state index in [2.05, 4.69) is 26.0 Å². The van der Waals surface area contributed by atoms with E-state index in [1.807, 2.05) is 20.8 Å². The molecular formula is C10H12BrN3O. The van der Waals surface area contributed by atoms with Gasteiger partial charge in [0, 0.05) is 11.3 Å². The van der Waals surface area contributed by atoms with Gasteiger partial charge in [-0.15, -0.1) is 0 Å². The minimum Gasteiger partial charge on any atom is -0.342 e. The number of nitrogens with zero attached hydrogens (tertiary/aromatic N) is 2. The molecule has 0 radical (unpaired) electrons. The fourth-order valence-corrected chi connectivity index (χ4v) is 2.15. The zero-order valence-electron chi connectivity index (χ0n) is 8.84. The average Bonchev–Trinajstić information content (AvgIpc) is 2.47. The molecule has 0 bridgehead atoms. The number of hydrogen-bond donors (Lipinski definition) is 1. The molecule has 15 heavy (non-hydrogen) atoms. The second-order valence-electron chi connectivity index (χ2n) is 3.88. The average molecular weight is 270 g/mol. The van der Waals surface area contributed by atoms with Gasteiger partial charge in [0.05, 0.1) is 10.7 Å². The zero-order valence-corrected chi connectivity index (χ0v) is 10.4. The maximum Gasteiger partial charge on any atom is 0.278 e. The molecule has 2 aromatic heterocycles. The third kappa shape index (κ3) is 1.51. The number of halogens is 1. The molecule has 4 nitrogen and oxygen atoms in total. The van der Waals surface area contributed by atoms with Crippen molar-refractivity contribution >= 4 is 21.6 Å². The molecule has 0 aliphatic rings. The van der Waals surface area contributed by atoms with Gasteiger partial charge in [0.15, 0.2) is 5.65 Å². The third-order valence-electron chi connectivity index (χ3n) is 2.43. The molecule has 1 N–H and O–H groups in total. The highest BCUT2D eigenvalue weighted by atomic mass is 79.9. The predicted octanol–water partition coefficient (Wildman–Crippen LogP) is 2.22. The largest absolute Gasteiger partial charge is 0.342 e. The van der Waals surface area contributed by atoms with Gasteiger partial charge in [-0.1, -0.05) is 13.8 Å². The first-order valence-electron chi connectivity index (χ1n) is 4.78. The van der Waals surface area contributed by atoms with Gasteiger partial charge < -0.3 is 4.98 Å². The number of H-pyrrole nitrogens is 1. The van der Waals surface area contributed by atoms with E-state index in [9.17, 15) is 4.79 Å². The number of hydrogen-bond acceptors (Lipinski definition) is 2. The Labute approximate surface area is 95.4 Å². The quantitative estimate of drug-likeness (QED) is 0.863. The lowest BCUT2D eigenvalue weighted by Gasteiger charge is -2.08. The fraction of sp³-hybridized carbons (Fsp3) is 0.400. The number of aryl methyl sites for hydroxylation is 1. The summed E-state index contributed by atoms with van der Waals surface area (Å²) in [5.74, 6) is 0.195. The van der Waals surface area contributed by atoms with Gasteiger partial charge in [-0.3, -0.25) is 4.79 Å². The molecule has 0 aliphatic carbocycles. The molecule has 2 heterocycles. The lowest BCUT2D eigenvalue weighted by Crippen LogP contribution is -2.22. The maximum atomic E-state index is 12.1. The first kappa shape index (κ1) is 10.4. The van der Waals surface area contributed by atoms with E-state index in [0.29, 0.717) is 5.65 Å². The smallest absolute Gasteiger partial charge is 0.278 e. The Kier molecular flexibility index (Phi) is 2.42. The van der Waals surface area contributed by atoms with Gasteiger partial charge in [-0.2, -0.15) is 9.61 Å². The second-order valence-corrected chi connectivity index (χ2v) is 4.73. The fourth-order valence-electron chi connectivity index (χ4n) is 1.79. The summed E-state index contributed by atoms with van der Waals surface area (Å²) in [7, 11) is 0. The molecule has 2 rings (SSSR count). The number of fused-ring (bicyclic) bond motifs is 1. The normalized spacial score (nSPS) is 11.5. The van der Waals surface area contributed by atoms with Crippen molar-refractivity contribution in [1.29, 1.82) is 0 Å². The van der Waals surface area contributed by atoms with Crippen LogP contribution in [0, 0.1) is 6.92 Å². The Hall–Kier alpha value is -1.10. The summed E-state index contributed by atoms with van der Waals surface area (Å²) in [6.45, 7) is 5.92. The van der Waals surface area contributed by atoms with E-state index in [4.69, 9.17) is 0 Å². The van der Waals surface area contributed by atoms with Crippen molar-refractivity contribution in [2.24, 2.45) is 0 Å². The summed E-state index contributed by atoms with van der Waals surface area (Å²) in [5.41, 5.74) is 2.37. The van der Waals surface area contributed by atoms with E-state index < -0.39 is 0 Å². The van der Waals surface area contributed by atoms with Crippen LogP contribution in [0.25, 0.3) is 5.65 Å². The standard InChI is InChI=1S/C10H12BrN3O/c1-5(2)8-6(3)13-9-7(11)4-12-14(9)10(8)15/h4-5,13H,1-3H3. The van der Waals surface area contributed by atoms with E-state index >= 15 is 0 Å². The van der Waals surface area contributed by atoms with Gasteiger partial charge in [0.2, 0.25) is 0 Å². The van der Waals surface area contributed by atoms with Crippen LogP contribution in [0.15, 0.2) is 15.5 Å². The topological polar surface area (TPSA) is 50.2 Å². The van der Waals surface area contributed by atoms with Crippen LogP contribution in [0.1, 0.15) is 31.0 Å². The molecular weight excluding hydrogens is 258 g/mol. The van der Waals surface area contributed by atoms with E-state index in [1.54, 1.807) is 6.20 Å². The molecule has 0 amide bonds. The molecule has 0 atom stereocenters. The predicted molar refractivity (Wildman–Crippen MR) is 62.3 cm³/mol. The Morgan fingerprint density at radius 1 is 1.53 bits per heavy atom. The highest BCUT2D eigenvalue weighted by Gasteiger charge is 2.14. The minimum atomic E-state index is -0.0399. The monoisotopic (exact) mass is 269 g/mol. The highest BCUT2D eigenvalue weighted by molar-refractivity contribution is 9.10. The van der Waals surface area contributed by atoms with E-state index in [0.717, 1.165) is 15.7 Å². The van der Waals surface area contributed by atoms with Crippen molar-refractivity contribution in [3.8, 4) is 0 Å². The SMILES string of the molecule is Cc1[nH]c2c(Br)cnn2c(=O)c1C(C)C. The Morgan fingerprint density at radius 3 is 2.80 bits per heavy atom. The molecule has 80 valence electrons. The Morgan fingerprint density at radius 2 is 2.20 bits per heavy atom. The van der Waals surface area contributed by atoms with Crippen LogP contribution in [-0.2, 0) is 0 Å². The summed E-state index contributed by atoms with van der Waals surface area (Å²) >= 11 is 3.34. The Balaban J connectivity index is 2.92. The summed E-state index contributed by atoms with van der Waals surface area (Å²) in [5, 5.41) is 4.03. The minimum absolute atomic E-state index is 0.0399. The van der Waals surface area contributed by atoms with Crippen molar-refractivity contribution in [2.45, 2.75) is 26.7 Å².